The first kappa shape index (κ1) is 13.4. The Balaban J connectivity index is 3.44. The van der Waals surface area contributed by atoms with Gasteiger partial charge in [0.1, 0.15) is 0 Å². The van der Waals surface area contributed by atoms with Gasteiger partial charge in [0.25, 0.3) is 0 Å². The Kier molecular flexibility index (Phi) is 7.42. The molecule has 0 heterocycles. The molecular formula is C10H22N2O2. The van der Waals surface area contributed by atoms with E-state index in [4.69, 9.17) is 5.73 Å². The highest BCUT2D eigenvalue weighted by atomic mass is 16.5. The van der Waals surface area contributed by atoms with Gasteiger partial charge in [0.05, 0.1) is 7.11 Å². The first-order valence-electron chi connectivity index (χ1n) is 5.05. The van der Waals surface area contributed by atoms with Gasteiger partial charge in [-0.1, -0.05) is 6.92 Å². The molecule has 0 saturated carbocycles. The number of carbonyl (C=O) groups is 1. The highest BCUT2D eigenvalue weighted by molar-refractivity contribution is 5.69. The summed E-state index contributed by atoms with van der Waals surface area (Å²) in [6.07, 6.45) is 1.35. The number of nitrogens with zero attached hydrogens (tertiary/aromatic N) is 1. The van der Waals surface area contributed by atoms with Crippen molar-refractivity contribution in [2.75, 3.05) is 33.8 Å². The maximum Gasteiger partial charge on any atom is 0.305 e. The fraction of sp³-hybridized carbons (Fsp3) is 0.900. The van der Waals surface area contributed by atoms with Gasteiger partial charge in [-0.05, 0) is 32.5 Å². The maximum absolute atomic E-state index is 10.8. The summed E-state index contributed by atoms with van der Waals surface area (Å²) in [4.78, 5) is 13.0. The lowest BCUT2D eigenvalue weighted by Gasteiger charge is -2.19. The van der Waals surface area contributed by atoms with E-state index < -0.39 is 0 Å². The lowest BCUT2D eigenvalue weighted by Crippen LogP contribution is -2.29. The van der Waals surface area contributed by atoms with Crippen LogP contribution in [-0.2, 0) is 9.53 Å². The van der Waals surface area contributed by atoms with Crippen molar-refractivity contribution < 1.29 is 9.53 Å². The molecule has 0 aromatic heterocycles. The summed E-state index contributed by atoms with van der Waals surface area (Å²) in [6, 6.07) is 0. The Morgan fingerprint density at radius 1 is 1.57 bits per heavy atom. The van der Waals surface area contributed by atoms with E-state index in [0.717, 1.165) is 19.5 Å². The first-order valence-corrected chi connectivity index (χ1v) is 5.05. The standard InChI is InChI=1S/C10H22N2O2/c1-9(7-11)8-12(2)6-4-5-10(13)14-3/h9H,4-8,11H2,1-3H3. The number of rotatable bonds is 7. The normalized spacial score (nSPS) is 12.9. The largest absolute Gasteiger partial charge is 0.469 e. The van der Waals surface area contributed by atoms with E-state index in [9.17, 15) is 4.79 Å². The van der Waals surface area contributed by atoms with Crippen LogP contribution in [0, 0.1) is 5.92 Å². The number of nitrogens with two attached hydrogens (primary N) is 1. The second-order valence-corrected chi connectivity index (χ2v) is 3.78. The van der Waals surface area contributed by atoms with Crippen LogP contribution in [0.1, 0.15) is 19.8 Å². The van der Waals surface area contributed by atoms with Gasteiger partial charge < -0.3 is 15.4 Å². The topological polar surface area (TPSA) is 55.6 Å². The fourth-order valence-corrected chi connectivity index (χ4v) is 1.29. The van der Waals surface area contributed by atoms with Crippen molar-refractivity contribution in [1.29, 1.82) is 0 Å². The van der Waals surface area contributed by atoms with Crippen LogP contribution in [0.3, 0.4) is 0 Å². The summed E-state index contributed by atoms with van der Waals surface area (Å²) in [5.74, 6) is 0.378. The Morgan fingerprint density at radius 2 is 2.21 bits per heavy atom. The Hall–Kier alpha value is -0.610. The molecule has 1 atom stereocenters. The van der Waals surface area contributed by atoms with E-state index in [0.29, 0.717) is 18.9 Å². The number of ether oxygens (including phenoxy) is 1. The van der Waals surface area contributed by atoms with Crippen LogP contribution in [0.4, 0.5) is 0 Å². The van der Waals surface area contributed by atoms with Crippen LogP contribution in [0.25, 0.3) is 0 Å². The molecule has 0 aliphatic carbocycles. The molecule has 0 aromatic rings. The third-order valence-corrected chi connectivity index (χ3v) is 2.17. The molecule has 0 saturated heterocycles. The minimum Gasteiger partial charge on any atom is -0.469 e. The van der Waals surface area contributed by atoms with Crippen LogP contribution < -0.4 is 5.73 Å². The Morgan fingerprint density at radius 3 is 2.71 bits per heavy atom. The lowest BCUT2D eigenvalue weighted by atomic mass is 10.1. The molecule has 4 heteroatoms. The van der Waals surface area contributed by atoms with Gasteiger partial charge in [-0.25, -0.2) is 0 Å². The number of methoxy groups -OCH3 is 1. The summed E-state index contributed by atoms with van der Waals surface area (Å²) < 4.78 is 4.56. The monoisotopic (exact) mass is 202 g/mol. The SMILES string of the molecule is COC(=O)CCCN(C)CC(C)CN. The minimum absolute atomic E-state index is 0.134. The van der Waals surface area contributed by atoms with E-state index >= 15 is 0 Å². The van der Waals surface area contributed by atoms with E-state index in [1.807, 2.05) is 7.05 Å². The second-order valence-electron chi connectivity index (χ2n) is 3.78. The van der Waals surface area contributed by atoms with Crippen molar-refractivity contribution in [3.8, 4) is 0 Å². The van der Waals surface area contributed by atoms with Gasteiger partial charge in [-0.2, -0.15) is 0 Å². The molecule has 0 spiro atoms. The van der Waals surface area contributed by atoms with Gasteiger partial charge in [0.2, 0.25) is 0 Å². The fourth-order valence-electron chi connectivity index (χ4n) is 1.29. The molecular weight excluding hydrogens is 180 g/mol. The Labute approximate surface area is 86.4 Å². The summed E-state index contributed by atoms with van der Waals surface area (Å²) in [7, 11) is 3.46. The van der Waals surface area contributed by atoms with Crippen molar-refractivity contribution >= 4 is 5.97 Å². The highest BCUT2D eigenvalue weighted by Gasteiger charge is 2.05. The summed E-state index contributed by atoms with van der Waals surface area (Å²) in [5, 5.41) is 0. The van der Waals surface area contributed by atoms with Crippen molar-refractivity contribution in [1.82, 2.24) is 4.90 Å². The van der Waals surface area contributed by atoms with Gasteiger partial charge in [-0.15, -0.1) is 0 Å². The van der Waals surface area contributed by atoms with E-state index in [1.165, 1.54) is 7.11 Å². The summed E-state index contributed by atoms with van der Waals surface area (Å²) in [5.41, 5.74) is 5.52. The molecule has 2 N–H and O–H groups in total. The molecule has 0 amide bonds. The van der Waals surface area contributed by atoms with Crippen LogP contribution in [0.5, 0.6) is 0 Å². The first-order chi connectivity index (χ1) is 6.60. The van der Waals surface area contributed by atoms with Crippen LogP contribution in [0.15, 0.2) is 0 Å². The third kappa shape index (κ3) is 6.86. The van der Waals surface area contributed by atoms with Crippen LogP contribution in [-0.4, -0.2) is 44.7 Å². The van der Waals surface area contributed by atoms with Gasteiger partial charge >= 0.3 is 5.97 Å². The van der Waals surface area contributed by atoms with Crippen molar-refractivity contribution in [2.45, 2.75) is 19.8 Å². The third-order valence-electron chi connectivity index (χ3n) is 2.17. The second kappa shape index (κ2) is 7.76. The zero-order chi connectivity index (χ0) is 11.0. The molecule has 0 bridgehead atoms. The van der Waals surface area contributed by atoms with Crippen LogP contribution >= 0.6 is 0 Å². The van der Waals surface area contributed by atoms with Gasteiger partial charge in [0, 0.05) is 13.0 Å². The predicted octanol–water partition coefficient (Wildman–Crippen LogP) is 0.466. The van der Waals surface area contributed by atoms with Gasteiger partial charge in [-0.3, -0.25) is 4.79 Å². The number of carbonyl (C=O) groups excluding carboxylic acids is 1. The van der Waals surface area contributed by atoms with Crippen molar-refractivity contribution in [3.05, 3.63) is 0 Å². The summed E-state index contributed by atoms with van der Waals surface area (Å²) in [6.45, 7) is 4.73. The number of hydrogen-bond donors (Lipinski definition) is 1. The van der Waals surface area contributed by atoms with E-state index in [2.05, 4.69) is 16.6 Å². The molecule has 0 rings (SSSR count). The van der Waals surface area contributed by atoms with Crippen LogP contribution in [0.2, 0.25) is 0 Å². The molecule has 0 aliphatic heterocycles. The highest BCUT2D eigenvalue weighted by Crippen LogP contribution is 1.99. The number of esters is 1. The quantitative estimate of drug-likeness (QED) is 0.610. The van der Waals surface area contributed by atoms with E-state index in [1.54, 1.807) is 0 Å². The van der Waals surface area contributed by atoms with Crippen molar-refractivity contribution in [3.63, 3.8) is 0 Å². The Bertz CT molecular complexity index is 162. The number of hydrogen-bond acceptors (Lipinski definition) is 4. The van der Waals surface area contributed by atoms with Gasteiger partial charge in [0.15, 0.2) is 0 Å². The molecule has 84 valence electrons. The van der Waals surface area contributed by atoms with E-state index in [-0.39, 0.29) is 5.97 Å². The molecule has 0 aromatic carbocycles. The molecule has 0 radical (unpaired) electrons. The molecule has 0 fully saturated rings. The minimum atomic E-state index is -0.134. The van der Waals surface area contributed by atoms with Crippen molar-refractivity contribution in [2.24, 2.45) is 11.7 Å². The molecule has 0 aliphatic rings. The molecule has 4 nitrogen and oxygen atoms in total. The average Bonchev–Trinajstić information content (AvgIpc) is 2.17. The lowest BCUT2D eigenvalue weighted by molar-refractivity contribution is -0.140. The zero-order valence-corrected chi connectivity index (χ0v) is 9.45. The predicted molar refractivity (Wildman–Crippen MR) is 57.0 cm³/mol. The maximum atomic E-state index is 10.8. The average molecular weight is 202 g/mol. The molecule has 1 unspecified atom stereocenters. The summed E-state index contributed by atoms with van der Waals surface area (Å²) >= 11 is 0. The molecule has 14 heavy (non-hydrogen) atoms. The zero-order valence-electron chi connectivity index (χ0n) is 9.45. The smallest absolute Gasteiger partial charge is 0.305 e.